The van der Waals surface area contributed by atoms with Gasteiger partial charge in [0.15, 0.2) is 0 Å². The van der Waals surface area contributed by atoms with E-state index in [2.05, 4.69) is 16.4 Å². The fourth-order valence-electron chi connectivity index (χ4n) is 2.27. The van der Waals surface area contributed by atoms with Crippen LogP contribution in [0.25, 0.3) is 10.9 Å². The van der Waals surface area contributed by atoms with E-state index in [-0.39, 0.29) is 5.82 Å². The molecule has 1 aromatic heterocycles. The molecule has 2 heterocycles. The average molecular weight is 204 g/mol. The third kappa shape index (κ3) is 1.53. The number of hydrogen-bond acceptors (Lipinski definition) is 1. The van der Waals surface area contributed by atoms with Crippen LogP contribution in [0.5, 0.6) is 0 Å². The number of fused-ring (bicyclic) bond motifs is 1. The van der Waals surface area contributed by atoms with E-state index in [0.717, 1.165) is 30.4 Å². The fraction of sp³-hybridized carbons (Fsp3) is 0.333. The summed E-state index contributed by atoms with van der Waals surface area (Å²) < 4.78 is 13.0. The van der Waals surface area contributed by atoms with Crippen LogP contribution in [0.1, 0.15) is 18.0 Å². The zero-order valence-electron chi connectivity index (χ0n) is 8.39. The maximum absolute atomic E-state index is 13.0. The Bertz CT molecular complexity index is 483. The summed E-state index contributed by atoms with van der Waals surface area (Å²) in [6, 6.07) is 6.94. The van der Waals surface area contributed by atoms with E-state index in [1.807, 2.05) is 0 Å². The van der Waals surface area contributed by atoms with Gasteiger partial charge in [0.1, 0.15) is 5.82 Å². The first-order chi connectivity index (χ1) is 7.33. The summed E-state index contributed by atoms with van der Waals surface area (Å²) >= 11 is 0. The van der Waals surface area contributed by atoms with Gasteiger partial charge in [-0.05, 0) is 37.2 Å². The Morgan fingerprint density at radius 1 is 1.27 bits per heavy atom. The fourth-order valence-corrected chi connectivity index (χ4v) is 2.27. The molecule has 15 heavy (non-hydrogen) atoms. The lowest BCUT2D eigenvalue weighted by atomic mass is 10.1. The van der Waals surface area contributed by atoms with Crippen LogP contribution in [0.15, 0.2) is 24.3 Å². The molecule has 0 amide bonds. The molecule has 1 fully saturated rings. The van der Waals surface area contributed by atoms with Gasteiger partial charge in [0.25, 0.3) is 0 Å². The Kier molecular flexibility index (Phi) is 1.99. The maximum atomic E-state index is 13.0. The van der Waals surface area contributed by atoms with Gasteiger partial charge in [-0.25, -0.2) is 4.39 Å². The van der Waals surface area contributed by atoms with Crippen LogP contribution < -0.4 is 5.32 Å². The van der Waals surface area contributed by atoms with Crippen LogP contribution in [-0.4, -0.2) is 18.1 Å². The topological polar surface area (TPSA) is 27.8 Å². The van der Waals surface area contributed by atoms with Crippen molar-refractivity contribution in [3.8, 4) is 0 Å². The Morgan fingerprint density at radius 3 is 3.00 bits per heavy atom. The van der Waals surface area contributed by atoms with Gasteiger partial charge in [0.2, 0.25) is 0 Å². The molecule has 1 aliphatic rings. The molecule has 3 rings (SSSR count). The predicted octanol–water partition coefficient (Wildman–Crippen LogP) is 2.38. The van der Waals surface area contributed by atoms with Gasteiger partial charge in [-0.2, -0.15) is 0 Å². The Morgan fingerprint density at radius 2 is 2.20 bits per heavy atom. The first-order valence-corrected chi connectivity index (χ1v) is 5.32. The van der Waals surface area contributed by atoms with Crippen molar-refractivity contribution in [1.29, 1.82) is 0 Å². The zero-order valence-corrected chi connectivity index (χ0v) is 8.39. The Hall–Kier alpha value is -1.35. The van der Waals surface area contributed by atoms with Gasteiger partial charge in [-0.3, -0.25) is 0 Å². The molecule has 2 N–H and O–H groups in total. The lowest BCUT2D eigenvalue weighted by molar-refractivity contribution is 0.630. The van der Waals surface area contributed by atoms with Crippen molar-refractivity contribution in [2.24, 2.45) is 0 Å². The maximum Gasteiger partial charge on any atom is 0.123 e. The normalized spacial score (nSPS) is 21.3. The third-order valence-electron chi connectivity index (χ3n) is 3.10. The van der Waals surface area contributed by atoms with Crippen LogP contribution in [-0.2, 0) is 0 Å². The minimum Gasteiger partial charge on any atom is -0.358 e. The molecule has 0 bridgehead atoms. The summed E-state index contributed by atoms with van der Waals surface area (Å²) in [6.45, 7) is 2.10. The van der Waals surface area contributed by atoms with Crippen LogP contribution >= 0.6 is 0 Å². The van der Waals surface area contributed by atoms with Gasteiger partial charge in [0.05, 0.1) is 0 Å². The quantitative estimate of drug-likeness (QED) is 0.733. The van der Waals surface area contributed by atoms with Crippen LogP contribution in [0.2, 0.25) is 0 Å². The van der Waals surface area contributed by atoms with Crippen LogP contribution in [0.3, 0.4) is 0 Å². The Balaban J connectivity index is 2.05. The summed E-state index contributed by atoms with van der Waals surface area (Å²) in [5, 5.41) is 4.30. The third-order valence-corrected chi connectivity index (χ3v) is 3.10. The van der Waals surface area contributed by atoms with E-state index in [0.29, 0.717) is 5.92 Å². The predicted molar refractivity (Wildman–Crippen MR) is 58.5 cm³/mol. The van der Waals surface area contributed by atoms with Crippen molar-refractivity contribution in [3.63, 3.8) is 0 Å². The number of aromatic amines is 1. The van der Waals surface area contributed by atoms with Crippen molar-refractivity contribution in [1.82, 2.24) is 10.3 Å². The molecule has 1 aromatic carbocycles. The number of hydrogen-bond donors (Lipinski definition) is 2. The highest BCUT2D eigenvalue weighted by Crippen LogP contribution is 2.25. The second kappa shape index (κ2) is 3.35. The van der Waals surface area contributed by atoms with E-state index in [1.54, 1.807) is 12.1 Å². The summed E-state index contributed by atoms with van der Waals surface area (Å²) in [7, 11) is 0. The average Bonchev–Trinajstić information content (AvgIpc) is 2.84. The van der Waals surface area contributed by atoms with Gasteiger partial charge < -0.3 is 10.3 Å². The molecule has 0 unspecified atom stereocenters. The number of rotatable bonds is 1. The molecule has 0 spiro atoms. The number of H-pyrrole nitrogens is 1. The second-order valence-electron chi connectivity index (χ2n) is 4.15. The molecular formula is C12H13FN2. The minimum atomic E-state index is -0.169. The van der Waals surface area contributed by atoms with E-state index in [4.69, 9.17) is 0 Å². The molecule has 0 saturated carbocycles. The first kappa shape index (κ1) is 8.92. The second-order valence-corrected chi connectivity index (χ2v) is 4.15. The van der Waals surface area contributed by atoms with E-state index >= 15 is 0 Å². The van der Waals surface area contributed by atoms with Crippen molar-refractivity contribution < 1.29 is 4.39 Å². The monoisotopic (exact) mass is 204 g/mol. The summed E-state index contributed by atoms with van der Waals surface area (Å²) in [5.74, 6) is 0.387. The highest BCUT2D eigenvalue weighted by atomic mass is 19.1. The standard InChI is InChI=1S/C12H13FN2/c13-10-1-2-11-9(5-10)6-12(15-11)8-3-4-14-7-8/h1-2,5-6,8,14-15H,3-4,7H2/t8-/m0/s1. The van der Waals surface area contributed by atoms with Crippen molar-refractivity contribution in [3.05, 3.63) is 35.8 Å². The highest BCUT2D eigenvalue weighted by molar-refractivity contribution is 5.80. The number of halogens is 1. The molecule has 0 aliphatic carbocycles. The lowest BCUT2D eigenvalue weighted by Crippen LogP contribution is -2.07. The molecule has 2 nitrogen and oxygen atoms in total. The number of nitrogens with one attached hydrogen (secondary N) is 2. The number of benzene rings is 1. The number of aromatic nitrogens is 1. The summed E-state index contributed by atoms with van der Waals surface area (Å²) in [4.78, 5) is 3.36. The lowest BCUT2D eigenvalue weighted by Gasteiger charge is -2.03. The van der Waals surface area contributed by atoms with Crippen molar-refractivity contribution in [2.45, 2.75) is 12.3 Å². The van der Waals surface area contributed by atoms with Crippen LogP contribution in [0, 0.1) is 5.82 Å². The molecule has 0 radical (unpaired) electrons. The summed E-state index contributed by atoms with van der Waals surface area (Å²) in [6.07, 6.45) is 1.16. The largest absolute Gasteiger partial charge is 0.358 e. The highest BCUT2D eigenvalue weighted by Gasteiger charge is 2.18. The molecule has 1 atom stereocenters. The smallest absolute Gasteiger partial charge is 0.123 e. The van der Waals surface area contributed by atoms with E-state index in [1.165, 1.54) is 11.8 Å². The van der Waals surface area contributed by atoms with Crippen LogP contribution in [0.4, 0.5) is 4.39 Å². The molecular weight excluding hydrogens is 191 g/mol. The molecule has 78 valence electrons. The SMILES string of the molecule is Fc1ccc2[nH]c([C@H]3CCNC3)cc2c1. The van der Waals surface area contributed by atoms with Crippen molar-refractivity contribution in [2.75, 3.05) is 13.1 Å². The van der Waals surface area contributed by atoms with E-state index < -0.39 is 0 Å². The molecule has 2 aromatic rings. The molecule has 3 heteroatoms. The van der Waals surface area contributed by atoms with Gasteiger partial charge in [0, 0.05) is 29.1 Å². The molecule has 1 saturated heterocycles. The molecule has 1 aliphatic heterocycles. The Labute approximate surface area is 87.5 Å². The first-order valence-electron chi connectivity index (χ1n) is 5.32. The van der Waals surface area contributed by atoms with Crippen molar-refractivity contribution >= 4 is 10.9 Å². The minimum absolute atomic E-state index is 0.169. The van der Waals surface area contributed by atoms with E-state index in [9.17, 15) is 4.39 Å². The van der Waals surface area contributed by atoms with Gasteiger partial charge in [-0.1, -0.05) is 0 Å². The summed E-state index contributed by atoms with van der Waals surface area (Å²) in [5.41, 5.74) is 2.25. The zero-order chi connectivity index (χ0) is 10.3. The van der Waals surface area contributed by atoms with Gasteiger partial charge >= 0.3 is 0 Å². The van der Waals surface area contributed by atoms with Gasteiger partial charge in [-0.15, -0.1) is 0 Å².